The highest BCUT2D eigenvalue weighted by atomic mass is 16.6. The number of nitrogens with one attached hydrogen (secondary N) is 2. The molecule has 0 aliphatic heterocycles. The van der Waals surface area contributed by atoms with Crippen LogP contribution < -0.4 is 5.32 Å². The molecule has 2 N–H and O–H groups in total. The maximum Gasteiger partial charge on any atom is 0.269 e. The van der Waals surface area contributed by atoms with Crippen molar-refractivity contribution in [1.82, 2.24) is 15.3 Å². The van der Waals surface area contributed by atoms with Crippen LogP contribution in [0, 0.1) is 10.1 Å². The molecule has 0 aliphatic carbocycles. The third-order valence-electron chi connectivity index (χ3n) is 3.40. The SMILES string of the molecule is O=C(C=Cc1ccc([N+](=O)[O-])cc1)NCc1nc2ccccc2[nH]1. The second kappa shape index (κ2) is 6.74. The van der Waals surface area contributed by atoms with Crippen LogP contribution in [-0.4, -0.2) is 20.8 Å². The highest BCUT2D eigenvalue weighted by Gasteiger charge is 2.04. The maximum atomic E-state index is 11.8. The number of aromatic amines is 1. The number of rotatable bonds is 5. The number of hydrogen-bond donors (Lipinski definition) is 2. The van der Waals surface area contributed by atoms with E-state index in [1.54, 1.807) is 18.2 Å². The molecule has 0 radical (unpaired) electrons. The summed E-state index contributed by atoms with van der Waals surface area (Å²) in [6, 6.07) is 13.6. The van der Waals surface area contributed by atoms with E-state index in [-0.39, 0.29) is 18.1 Å². The van der Waals surface area contributed by atoms with Crippen LogP contribution in [0.15, 0.2) is 54.6 Å². The normalized spacial score (nSPS) is 11.0. The van der Waals surface area contributed by atoms with E-state index in [4.69, 9.17) is 0 Å². The van der Waals surface area contributed by atoms with Crippen molar-refractivity contribution in [3.8, 4) is 0 Å². The molecule has 0 atom stereocenters. The van der Waals surface area contributed by atoms with Crippen LogP contribution in [-0.2, 0) is 11.3 Å². The average molecular weight is 322 g/mol. The van der Waals surface area contributed by atoms with Gasteiger partial charge < -0.3 is 10.3 Å². The Balaban J connectivity index is 1.57. The fourth-order valence-corrected chi connectivity index (χ4v) is 2.20. The minimum atomic E-state index is -0.465. The van der Waals surface area contributed by atoms with Gasteiger partial charge in [0.1, 0.15) is 5.82 Å². The molecule has 0 spiro atoms. The van der Waals surface area contributed by atoms with Crippen LogP contribution in [0.25, 0.3) is 17.1 Å². The molecule has 0 fully saturated rings. The molecule has 0 bridgehead atoms. The zero-order chi connectivity index (χ0) is 16.9. The Hall–Kier alpha value is -3.48. The number of non-ortho nitro benzene ring substituents is 1. The Morgan fingerprint density at radius 3 is 2.67 bits per heavy atom. The molecule has 24 heavy (non-hydrogen) atoms. The summed E-state index contributed by atoms with van der Waals surface area (Å²) in [4.78, 5) is 29.4. The summed E-state index contributed by atoms with van der Waals surface area (Å²) in [5, 5.41) is 13.3. The van der Waals surface area contributed by atoms with Crippen molar-refractivity contribution in [2.24, 2.45) is 0 Å². The number of nitro benzene ring substituents is 1. The Bertz CT molecular complexity index is 880. The monoisotopic (exact) mass is 322 g/mol. The van der Waals surface area contributed by atoms with Gasteiger partial charge >= 0.3 is 0 Å². The number of H-pyrrole nitrogens is 1. The number of nitrogens with zero attached hydrogens (tertiary/aromatic N) is 2. The average Bonchev–Trinajstić information content (AvgIpc) is 3.01. The highest BCUT2D eigenvalue weighted by molar-refractivity contribution is 5.91. The van der Waals surface area contributed by atoms with Crippen LogP contribution in [0.1, 0.15) is 11.4 Å². The summed E-state index contributed by atoms with van der Waals surface area (Å²) in [5.74, 6) is 0.405. The Labute approximate surface area is 137 Å². The minimum absolute atomic E-state index is 0.0153. The third kappa shape index (κ3) is 3.64. The van der Waals surface area contributed by atoms with Gasteiger partial charge in [0.05, 0.1) is 22.5 Å². The van der Waals surface area contributed by atoms with Gasteiger partial charge in [-0.2, -0.15) is 0 Å². The lowest BCUT2D eigenvalue weighted by Gasteiger charge is -1.98. The van der Waals surface area contributed by atoms with Crippen LogP contribution in [0.4, 0.5) is 5.69 Å². The van der Waals surface area contributed by atoms with Gasteiger partial charge in [-0.15, -0.1) is 0 Å². The van der Waals surface area contributed by atoms with Gasteiger partial charge in [-0.25, -0.2) is 4.98 Å². The number of nitro groups is 1. The molecular formula is C17H14N4O3. The first-order chi connectivity index (χ1) is 11.6. The van der Waals surface area contributed by atoms with Gasteiger partial charge in [-0.05, 0) is 35.9 Å². The minimum Gasteiger partial charge on any atom is -0.345 e. The van der Waals surface area contributed by atoms with Crippen molar-refractivity contribution < 1.29 is 9.72 Å². The molecule has 7 heteroatoms. The van der Waals surface area contributed by atoms with Crippen molar-refractivity contribution in [1.29, 1.82) is 0 Å². The molecule has 3 rings (SSSR count). The summed E-state index contributed by atoms with van der Waals surface area (Å²) in [6.45, 7) is 0.290. The molecule has 7 nitrogen and oxygen atoms in total. The molecule has 120 valence electrons. The van der Waals surface area contributed by atoms with Crippen molar-refractivity contribution in [3.63, 3.8) is 0 Å². The van der Waals surface area contributed by atoms with E-state index >= 15 is 0 Å². The lowest BCUT2D eigenvalue weighted by molar-refractivity contribution is -0.384. The summed E-state index contributed by atoms with van der Waals surface area (Å²) >= 11 is 0. The number of carbonyl (C=O) groups is 1. The van der Waals surface area contributed by atoms with E-state index in [9.17, 15) is 14.9 Å². The molecule has 0 saturated heterocycles. The molecule has 1 amide bonds. The van der Waals surface area contributed by atoms with Crippen molar-refractivity contribution in [2.45, 2.75) is 6.54 Å². The van der Waals surface area contributed by atoms with E-state index in [2.05, 4.69) is 15.3 Å². The Morgan fingerprint density at radius 1 is 1.21 bits per heavy atom. The molecule has 0 saturated carbocycles. The van der Waals surface area contributed by atoms with Gasteiger partial charge in [-0.1, -0.05) is 12.1 Å². The van der Waals surface area contributed by atoms with Crippen molar-refractivity contribution in [3.05, 3.63) is 76.1 Å². The first-order valence-electron chi connectivity index (χ1n) is 7.26. The number of para-hydroxylation sites is 2. The molecule has 3 aromatic rings. The topological polar surface area (TPSA) is 101 Å². The summed E-state index contributed by atoms with van der Waals surface area (Å²) in [7, 11) is 0. The molecule has 0 aliphatic rings. The fourth-order valence-electron chi connectivity index (χ4n) is 2.20. The highest BCUT2D eigenvalue weighted by Crippen LogP contribution is 2.13. The van der Waals surface area contributed by atoms with Crippen LogP contribution in [0.3, 0.4) is 0 Å². The van der Waals surface area contributed by atoms with E-state index in [0.29, 0.717) is 11.4 Å². The van der Waals surface area contributed by atoms with Crippen LogP contribution in [0.5, 0.6) is 0 Å². The predicted octanol–water partition coefficient (Wildman–Crippen LogP) is 2.80. The number of carbonyl (C=O) groups excluding carboxylic acids is 1. The van der Waals surface area contributed by atoms with E-state index in [1.165, 1.54) is 18.2 Å². The lowest BCUT2D eigenvalue weighted by atomic mass is 10.2. The second-order valence-corrected chi connectivity index (χ2v) is 5.10. The number of benzene rings is 2. The zero-order valence-electron chi connectivity index (χ0n) is 12.6. The van der Waals surface area contributed by atoms with E-state index in [0.717, 1.165) is 11.0 Å². The summed E-state index contributed by atoms with van der Waals surface area (Å²) in [5.41, 5.74) is 2.49. The lowest BCUT2D eigenvalue weighted by Crippen LogP contribution is -2.20. The number of hydrogen-bond acceptors (Lipinski definition) is 4. The van der Waals surface area contributed by atoms with Gasteiger partial charge in [0, 0.05) is 18.2 Å². The van der Waals surface area contributed by atoms with E-state index < -0.39 is 4.92 Å². The van der Waals surface area contributed by atoms with E-state index in [1.807, 2.05) is 24.3 Å². The zero-order valence-corrected chi connectivity index (χ0v) is 12.6. The van der Waals surface area contributed by atoms with Gasteiger partial charge in [0.2, 0.25) is 5.91 Å². The maximum absolute atomic E-state index is 11.8. The largest absolute Gasteiger partial charge is 0.345 e. The fraction of sp³-hybridized carbons (Fsp3) is 0.0588. The number of aromatic nitrogens is 2. The first kappa shape index (κ1) is 15.4. The van der Waals surface area contributed by atoms with Gasteiger partial charge in [-0.3, -0.25) is 14.9 Å². The summed E-state index contributed by atoms with van der Waals surface area (Å²) in [6.07, 6.45) is 2.97. The summed E-state index contributed by atoms with van der Waals surface area (Å²) < 4.78 is 0. The number of imidazole rings is 1. The smallest absolute Gasteiger partial charge is 0.269 e. The molecule has 1 aromatic heterocycles. The Morgan fingerprint density at radius 2 is 1.96 bits per heavy atom. The molecular weight excluding hydrogens is 308 g/mol. The Kier molecular flexibility index (Phi) is 4.33. The quantitative estimate of drug-likeness (QED) is 0.428. The molecule has 0 unspecified atom stereocenters. The predicted molar refractivity (Wildman–Crippen MR) is 90.1 cm³/mol. The standard InChI is InChI=1S/C17H14N4O3/c22-17(10-7-12-5-8-13(9-6-12)21(23)24)18-11-16-19-14-3-1-2-4-15(14)20-16/h1-10H,11H2,(H,18,22)(H,19,20). The van der Waals surface area contributed by atoms with Crippen LogP contribution in [0.2, 0.25) is 0 Å². The number of fused-ring (bicyclic) bond motifs is 1. The molecule has 1 heterocycles. The van der Waals surface area contributed by atoms with Gasteiger partial charge in [0.25, 0.3) is 5.69 Å². The van der Waals surface area contributed by atoms with Crippen molar-refractivity contribution in [2.75, 3.05) is 0 Å². The number of amides is 1. The molecule has 2 aromatic carbocycles. The second-order valence-electron chi connectivity index (χ2n) is 5.10. The first-order valence-corrected chi connectivity index (χ1v) is 7.26. The van der Waals surface area contributed by atoms with Crippen LogP contribution >= 0.6 is 0 Å². The van der Waals surface area contributed by atoms with Crippen molar-refractivity contribution >= 4 is 28.7 Å². The third-order valence-corrected chi connectivity index (χ3v) is 3.40. The van der Waals surface area contributed by atoms with Gasteiger partial charge in [0.15, 0.2) is 0 Å².